The molecule has 4 aliphatic carbocycles. The summed E-state index contributed by atoms with van der Waals surface area (Å²) in [5, 5.41) is 20.8. The molecule has 0 aliphatic heterocycles. The maximum absolute atomic E-state index is 15.2. The molecule has 0 saturated heterocycles. The van der Waals surface area contributed by atoms with Gasteiger partial charge in [0.1, 0.15) is 24.2 Å². The Hall–Kier alpha value is -1.66. The number of fused-ring (bicyclic) bond motifs is 5. The van der Waals surface area contributed by atoms with Crippen LogP contribution in [0.5, 0.6) is 0 Å². The number of hydrogen-bond acceptors (Lipinski definition) is 5. The Labute approximate surface area is 163 Å². The first kappa shape index (κ1) is 19.6. The van der Waals surface area contributed by atoms with Crippen LogP contribution in [-0.4, -0.2) is 45.9 Å². The molecule has 0 aromatic carbocycles. The van der Waals surface area contributed by atoms with E-state index in [4.69, 9.17) is 0 Å². The molecular weight excluding hydrogens is 363 g/mol. The predicted octanol–water partition coefficient (Wildman–Crippen LogP) is 1.96. The molecule has 5 nitrogen and oxygen atoms in total. The minimum absolute atomic E-state index is 0.00697. The zero-order valence-corrected chi connectivity index (χ0v) is 16.4. The van der Waals surface area contributed by atoms with Crippen LogP contribution in [0.25, 0.3) is 0 Å². The third-order valence-corrected chi connectivity index (χ3v) is 8.39. The van der Waals surface area contributed by atoms with Crippen molar-refractivity contribution in [2.24, 2.45) is 34.5 Å². The first-order chi connectivity index (χ1) is 13.0. The summed E-state index contributed by atoms with van der Waals surface area (Å²) >= 11 is 0. The number of rotatable bonds is 2. The lowest BCUT2D eigenvalue weighted by atomic mass is 9.46. The second-order valence-electron chi connectivity index (χ2n) is 9.61. The molecule has 4 rings (SSSR count). The van der Waals surface area contributed by atoms with E-state index in [-0.39, 0.29) is 36.2 Å². The lowest BCUT2D eigenvalue weighted by molar-refractivity contribution is -0.174. The Balaban J connectivity index is 1.82. The summed E-state index contributed by atoms with van der Waals surface area (Å²) in [4.78, 5) is 37.7. The molecule has 3 fully saturated rings. The van der Waals surface area contributed by atoms with Gasteiger partial charge >= 0.3 is 0 Å². The summed E-state index contributed by atoms with van der Waals surface area (Å²) in [6, 6.07) is 0. The number of aliphatic hydroxyl groups excluding tert-OH is 1. The van der Waals surface area contributed by atoms with Crippen LogP contribution in [0.15, 0.2) is 23.8 Å². The van der Waals surface area contributed by atoms with E-state index in [1.165, 1.54) is 12.2 Å². The van der Waals surface area contributed by atoms with Crippen molar-refractivity contribution in [2.45, 2.75) is 51.8 Å². The first-order valence-electron chi connectivity index (χ1n) is 9.99. The van der Waals surface area contributed by atoms with Gasteiger partial charge in [-0.1, -0.05) is 26.8 Å². The molecule has 0 amide bonds. The standard InChI is InChI=1S/C22H27FO5/c1-11-6-14-13-8-16(23)15-7-12(25)4-5-20(15,2)19(13)17(26)9-21(14,3)22(11,28)18(27)10-24/h4-5,7,11,13-14,16,19,24,28H,6,8-10H2,1-3H3/t11-,13-,14-,16-,19+,20-,21-,22-/m0/s1. The van der Waals surface area contributed by atoms with Gasteiger partial charge in [0.25, 0.3) is 0 Å². The van der Waals surface area contributed by atoms with E-state index in [0.29, 0.717) is 12.0 Å². The number of hydrogen-bond donors (Lipinski definition) is 2. The maximum Gasteiger partial charge on any atom is 0.190 e. The molecule has 0 radical (unpaired) electrons. The van der Waals surface area contributed by atoms with Crippen LogP contribution in [0.4, 0.5) is 4.39 Å². The van der Waals surface area contributed by atoms with Crippen molar-refractivity contribution < 1.29 is 29.0 Å². The number of aliphatic hydroxyl groups is 2. The van der Waals surface area contributed by atoms with Crippen molar-refractivity contribution in [1.82, 2.24) is 0 Å². The fourth-order valence-corrected chi connectivity index (χ4v) is 7.09. The normalized spacial score (nSPS) is 49.9. The smallest absolute Gasteiger partial charge is 0.190 e. The lowest BCUT2D eigenvalue weighted by Crippen LogP contribution is -2.62. The molecule has 0 spiro atoms. The van der Waals surface area contributed by atoms with E-state index in [1.807, 2.05) is 6.92 Å². The highest BCUT2D eigenvalue weighted by Crippen LogP contribution is 2.67. The zero-order chi connectivity index (χ0) is 20.6. The summed E-state index contributed by atoms with van der Waals surface area (Å²) in [7, 11) is 0. The third-order valence-electron chi connectivity index (χ3n) is 8.39. The van der Waals surface area contributed by atoms with Crippen LogP contribution in [0.1, 0.15) is 40.0 Å². The fraction of sp³-hybridized carbons (Fsp3) is 0.682. The summed E-state index contributed by atoms with van der Waals surface area (Å²) < 4.78 is 15.2. The van der Waals surface area contributed by atoms with Crippen molar-refractivity contribution in [3.8, 4) is 0 Å². The molecule has 0 heterocycles. The van der Waals surface area contributed by atoms with Crippen LogP contribution >= 0.6 is 0 Å². The minimum atomic E-state index is -1.80. The number of carbonyl (C=O) groups is 3. The Morgan fingerprint density at radius 3 is 2.61 bits per heavy atom. The number of carbonyl (C=O) groups excluding carboxylic acids is 3. The van der Waals surface area contributed by atoms with E-state index in [1.54, 1.807) is 19.9 Å². The van der Waals surface area contributed by atoms with E-state index in [0.717, 1.165) is 0 Å². The topological polar surface area (TPSA) is 91.7 Å². The Morgan fingerprint density at radius 1 is 1.29 bits per heavy atom. The zero-order valence-electron chi connectivity index (χ0n) is 16.4. The molecule has 0 bridgehead atoms. The molecule has 6 heteroatoms. The summed E-state index contributed by atoms with van der Waals surface area (Å²) in [6.45, 7) is 4.53. The third kappa shape index (κ3) is 2.16. The highest BCUT2D eigenvalue weighted by Gasteiger charge is 2.71. The molecule has 3 saturated carbocycles. The van der Waals surface area contributed by atoms with E-state index < -0.39 is 46.8 Å². The van der Waals surface area contributed by atoms with Gasteiger partial charge in [0.05, 0.1) is 0 Å². The molecule has 0 aromatic rings. The highest BCUT2D eigenvalue weighted by molar-refractivity contribution is 6.02. The number of allylic oxidation sites excluding steroid dienone is 4. The second-order valence-corrected chi connectivity index (χ2v) is 9.61. The van der Waals surface area contributed by atoms with Gasteiger partial charge in [0.15, 0.2) is 11.6 Å². The SMILES string of the molecule is C[C@H]1C[C@H]2[C@@H]3C[C@H](F)C4=CC(=O)C=C[C@]4(C)[C@H]3C(=O)C[C@]2(C)[C@@]1(O)C(=O)CO. The monoisotopic (exact) mass is 390 g/mol. The van der Waals surface area contributed by atoms with Gasteiger partial charge in [0, 0.05) is 23.2 Å². The van der Waals surface area contributed by atoms with Crippen LogP contribution in [-0.2, 0) is 14.4 Å². The predicted molar refractivity (Wildman–Crippen MR) is 98.9 cm³/mol. The Morgan fingerprint density at radius 2 is 1.96 bits per heavy atom. The van der Waals surface area contributed by atoms with E-state index in [9.17, 15) is 24.6 Å². The molecule has 0 unspecified atom stereocenters. The molecule has 2 N–H and O–H groups in total. The van der Waals surface area contributed by atoms with Crippen LogP contribution in [0.2, 0.25) is 0 Å². The largest absolute Gasteiger partial charge is 0.388 e. The quantitative estimate of drug-likeness (QED) is 0.752. The average Bonchev–Trinajstić information content (AvgIpc) is 2.83. The minimum Gasteiger partial charge on any atom is -0.388 e. The van der Waals surface area contributed by atoms with Gasteiger partial charge < -0.3 is 10.2 Å². The average molecular weight is 390 g/mol. The summed E-state index contributed by atoms with van der Waals surface area (Å²) in [6.07, 6.45) is 3.67. The molecular formula is C22H27FO5. The van der Waals surface area contributed by atoms with Crippen molar-refractivity contribution in [3.05, 3.63) is 23.8 Å². The second kappa shape index (κ2) is 5.92. The van der Waals surface area contributed by atoms with Crippen molar-refractivity contribution in [1.29, 1.82) is 0 Å². The van der Waals surface area contributed by atoms with E-state index >= 15 is 4.39 Å². The van der Waals surface area contributed by atoms with Gasteiger partial charge in [-0.15, -0.1) is 0 Å². The van der Waals surface area contributed by atoms with E-state index in [2.05, 4.69) is 0 Å². The van der Waals surface area contributed by atoms with Gasteiger partial charge in [-0.05, 0) is 48.3 Å². The highest BCUT2D eigenvalue weighted by atomic mass is 19.1. The van der Waals surface area contributed by atoms with Crippen molar-refractivity contribution in [2.75, 3.05) is 6.61 Å². The van der Waals surface area contributed by atoms with Gasteiger partial charge in [-0.3, -0.25) is 14.4 Å². The van der Waals surface area contributed by atoms with Gasteiger partial charge in [-0.25, -0.2) is 4.39 Å². The molecule has 4 aliphatic rings. The van der Waals surface area contributed by atoms with Gasteiger partial charge in [-0.2, -0.15) is 0 Å². The Kier molecular flexibility index (Phi) is 4.16. The van der Waals surface area contributed by atoms with Crippen LogP contribution < -0.4 is 0 Å². The number of Topliss-reactive ketones (excluding diaryl/α,β-unsaturated/α-hetero) is 2. The van der Waals surface area contributed by atoms with Crippen LogP contribution in [0.3, 0.4) is 0 Å². The number of alkyl halides is 1. The maximum atomic E-state index is 15.2. The lowest BCUT2D eigenvalue weighted by Gasteiger charge is -2.57. The molecule has 8 atom stereocenters. The number of halogens is 1. The Bertz CT molecular complexity index is 831. The van der Waals surface area contributed by atoms with Crippen molar-refractivity contribution >= 4 is 17.3 Å². The van der Waals surface area contributed by atoms with Crippen LogP contribution in [0, 0.1) is 34.5 Å². The molecule has 28 heavy (non-hydrogen) atoms. The fourth-order valence-electron chi connectivity index (χ4n) is 7.09. The van der Waals surface area contributed by atoms with Gasteiger partial charge in [0.2, 0.25) is 0 Å². The molecule has 0 aromatic heterocycles. The summed E-state index contributed by atoms with van der Waals surface area (Å²) in [5.74, 6) is -2.50. The first-order valence-corrected chi connectivity index (χ1v) is 9.99. The number of ketones is 3. The van der Waals surface area contributed by atoms with Crippen molar-refractivity contribution in [3.63, 3.8) is 0 Å². The molecule has 152 valence electrons. The summed E-state index contributed by atoms with van der Waals surface area (Å²) in [5.41, 5.74) is -3.32.